The number of rotatable bonds is 5. The largest absolute Gasteiger partial charge is 0.336 e. The van der Waals surface area contributed by atoms with E-state index in [0.717, 1.165) is 16.8 Å². The Morgan fingerprint density at radius 2 is 1.43 bits per heavy atom. The first-order valence-electron chi connectivity index (χ1n) is 7.54. The van der Waals surface area contributed by atoms with E-state index in [1.165, 1.54) is 27.8 Å². The van der Waals surface area contributed by atoms with Gasteiger partial charge in [0.25, 0.3) is 5.88 Å². The van der Waals surface area contributed by atoms with E-state index in [1.807, 2.05) is 13.8 Å². The van der Waals surface area contributed by atoms with Crippen LogP contribution in [-0.4, -0.2) is 9.37 Å². The molecule has 1 N–H and O–H groups in total. The van der Waals surface area contributed by atoms with E-state index in [9.17, 15) is 4.21 Å². The van der Waals surface area contributed by atoms with Gasteiger partial charge in [-0.05, 0) is 81.8 Å². The van der Waals surface area contributed by atoms with Crippen LogP contribution in [0, 0.1) is 48.5 Å². The van der Waals surface area contributed by atoms with Crippen LogP contribution in [0.5, 0.6) is 0 Å². The summed E-state index contributed by atoms with van der Waals surface area (Å²) in [6, 6.07) is 0. The Bertz CT molecular complexity index is 737. The van der Waals surface area contributed by atoms with Crippen molar-refractivity contribution < 1.29 is 13.0 Å². The maximum atomic E-state index is 12.3. The first-order valence-corrected chi connectivity index (χ1v) is 8.78. The molecule has 1 atom stereocenters. The summed E-state index contributed by atoms with van der Waals surface area (Å²) in [6.07, 6.45) is 0. The maximum absolute atomic E-state index is 12.3. The number of hydrogen-bond donors (Lipinski definition) is 1. The fraction of sp³-hybridized carbons (Fsp3) is 0.471. The van der Waals surface area contributed by atoms with Crippen molar-refractivity contribution in [2.24, 2.45) is 0 Å². The lowest BCUT2D eigenvalue weighted by Crippen LogP contribution is -2.11. The SMILES string of the molecule is Cc1noc(NOS(=O)Cc2c(C)c(C)c(C)c(C)c2C)c1C. The van der Waals surface area contributed by atoms with Crippen LogP contribution in [0.15, 0.2) is 4.52 Å². The molecule has 1 heterocycles. The smallest absolute Gasteiger partial charge is 0.252 e. The van der Waals surface area contributed by atoms with Gasteiger partial charge in [0, 0.05) is 5.56 Å². The summed E-state index contributed by atoms with van der Waals surface area (Å²) in [6.45, 7) is 14.2. The molecule has 1 aromatic heterocycles. The standard InChI is InChI=1S/C17H24N2O3S/c1-9-10(2)12(4)16(13(5)11(9)3)8-23(20)22-19-17-14(6)15(7)18-21-17/h19H,8H2,1-7H3. The quantitative estimate of drug-likeness (QED) is 0.835. The van der Waals surface area contributed by atoms with E-state index in [-0.39, 0.29) is 0 Å². The van der Waals surface area contributed by atoms with Gasteiger partial charge in [0.15, 0.2) is 11.1 Å². The lowest BCUT2D eigenvalue weighted by atomic mass is 9.90. The Balaban J connectivity index is 2.13. The maximum Gasteiger partial charge on any atom is 0.252 e. The van der Waals surface area contributed by atoms with Crippen molar-refractivity contribution in [1.82, 2.24) is 5.16 Å². The second-order valence-corrected chi connectivity index (χ2v) is 7.02. The second-order valence-electron chi connectivity index (χ2n) is 5.96. The predicted octanol–water partition coefficient (Wildman–Crippen LogP) is 4.04. The highest BCUT2D eigenvalue weighted by molar-refractivity contribution is 7.79. The van der Waals surface area contributed by atoms with E-state index in [2.05, 4.69) is 45.3 Å². The first kappa shape index (κ1) is 17.7. The third-order valence-electron chi connectivity index (χ3n) is 4.80. The van der Waals surface area contributed by atoms with Gasteiger partial charge in [-0.1, -0.05) is 5.16 Å². The van der Waals surface area contributed by atoms with Crippen molar-refractivity contribution in [3.8, 4) is 0 Å². The number of aryl methyl sites for hydroxylation is 1. The van der Waals surface area contributed by atoms with Crippen LogP contribution < -0.4 is 5.48 Å². The summed E-state index contributed by atoms with van der Waals surface area (Å²) >= 11 is -1.51. The Morgan fingerprint density at radius 1 is 0.913 bits per heavy atom. The number of benzene rings is 1. The molecule has 0 bridgehead atoms. The second kappa shape index (κ2) is 6.84. The van der Waals surface area contributed by atoms with Gasteiger partial charge in [-0.15, -0.1) is 0 Å². The van der Waals surface area contributed by atoms with Crippen molar-refractivity contribution in [3.05, 3.63) is 44.6 Å². The summed E-state index contributed by atoms with van der Waals surface area (Å²) in [5.41, 5.74) is 11.4. The Hall–Kier alpha value is -1.66. The minimum atomic E-state index is -1.51. The van der Waals surface area contributed by atoms with Crippen molar-refractivity contribution in [2.45, 2.75) is 54.2 Å². The van der Waals surface area contributed by atoms with Crippen LogP contribution in [0.3, 0.4) is 0 Å². The lowest BCUT2D eigenvalue weighted by molar-refractivity contribution is 0.366. The molecule has 126 valence electrons. The fourth-order valence-electron chi connectivity index (χ4n) is 2.54. The minimum Gasteiger partial charge on any atom is -0.336 e. The third-order valence-corrected chi connectivity index (χ3v) is 5.60. The summed E-state index contributed by atoms with van der Waals surface area (Å²) in [4.78, 5) is 0. The molecular weight excluding hydrogens is 312 g/mol. The van der Waals surface area contributed by atoms with Gasteiger partial charge in [-0.25, -0.2) is 9.69 Å². The molecule has 0 saturated carbocycles. The van der Waals surface area contributed by atoms with Gasteiger partial charge in [0.1, 0.15) is 0 Å². The average molecular weight is 336 g/mol. The molecule has 5 nitrogen and oxygen atoms in total. The van der Waals surface area contributed by atoms with E-state index in [0.29, 0.717) is 11.6 Å². The van der Waals surface area contributed by atoms with E-state index in [4.69, 9.17) is 8.81 Å². The van der Waals surface area contributed by atoms with Crippen molar-refractivity contribution in [1.29, 1.82) is 0 Å². The predicted molar refractivity (Wildman–Crippen MR) is 92.7 cm³/mol. The van der Waals surface area contributed by atoms with Gasteiger partial charge in [-0.3, -0.25) is 0 Å². The highest BCUT2D eigenvalue weighted by Gasteiger charge is 2.16. The molecule has 0 aliphatic heterocycles. The molecule has 2 rings (SSSR count). The van der Waals surface area contributed by atoms with E-state index in [1.54, 1.807) is 0 Å². The molecule has 6 heteroatoms. The Morgan fingerprint density at radius 3 is 1.91 bits per heavy atom. The molecule has 0 spiro atoms. The van der Waals surface area contributed by atoms with Gasteiger partial charge in [0.05, 0.1) is 11.4 Å². The van der Waals surface area contributed by atoms with Crippen LogP contribution in [-0.2, 0) is 21.1 Å². The summed E-state index contributed by atoms with van der Waals surface area (Å²) in [5, 5.41) is 3.82. The third kappa shape index (κ3) is 3.48. The molecule has 1 aromatic carbocycles. The first-order chi connectivity index (χ1) is 10.7. The topological polar surface area (TPSA) is 64.4 Å². The Kier molecular flexibility index (Phi) is 5.26. The number of aromatic nitrogens is 1. The molecule has 0 amide bonds. The zero-order chi connectivity index (χ0) is 17.3. The molecule has 0 aliphatic carbocycles. The molecule has 23 heavy (non-hydrogen) atoms. The van der Waals surface area contributed by atoms with Crippen LogP contribution in [0.1, 0.15) is 44.6 Å². The van der Waals surface area contributed by atoms with Crippen molar-refractivity contribution >= 4 is 17.0 Å². The number of nitrogens with zero attached hydrogens (tertiary/aromatic N) is 1. The molecule has 0 fully saturated rings. The van der Waals surface area contributed by atoms with Crippen LogP contribution in [0.4, 0.5) is 5.88 Å². The van der Waals surface area contributed by atoms with Gasteiger partial charge in [-0.2, -0.15) is 4.28 Å². The highest BCUT2D eigenvalue weighted by atomic mass is 32.2. The average Bonchev–Trinajstić information content (AvgIpc) is 2.85. The Labute approximate surface area is 140 Å². The van der Waals surface area contributed by atoms with Crippen LogP contribution >= 0.6 is 0 Å². The van der Waals surface area contributed by atoms with Crippen LogP contribution in [0.25, 0.3) is 0 Å². The van der Waals surface area contributed by atoms with Crippen molar-refractivity contribution in [3.63, 3.8) is 0 Å². The molecule has 0 radical (unpaired) electrons. The molecule has 2 aromatic rings. The number of nitrogens with one attached hydrogen (secondary N) is 1. The number of anilines is 1. The monoisotopic (exact) mass is 336 g/mol. The zero-order valence-electron chi connectivity index (χ0n) is 14.8. The van der Waals surface area contributed by atoms with E-state index < -0.39 is 11.1 Å². The highest BCUT2D eigenvalue weighted by Crippen LogP contribution is 2.27. The molecule has 1 unspecified atom stereocenters. The number of hydrogen-bond acceptors (Lipinski definition) is 5. The molecule has 0 aliphatic rings. The van der Waals surface area contributed by atoms with Crippen molar-refractivity contribution in [2.75, 3.05) is 5.48 Å². The van der Waals surface area contributed by atoms with Gasteiger partial charge < -0.3 is 4.52 Å². The van der Waals surface area contributed by atoms with Gasteiger partial charge >= 0.3 is 0 Å². The lowest BCUT2D eigenvalue weighted by Gasteiger charge is -2.18. The summed E-state index contributed by atoms with van der Waals surface area (Å²) in [7, 11) is 0. The van der Waals surface area contributed by atoms with E-state index >= 15 is 0 Å². The fourth-order valence-corrected chi connectivity index (χ4v) is 3.43. The molecule has 0 saturated heterocycles. The van der Waals surface area contributed by atoms with Crippen LogP contribution in [0.2, 0.25) is 0 Å². The molecular formula is C17H24N2O3S. The summed E-state index contributed by atoms with van der Waals surface area (Å²) in [5.74, 6) is 0.722. The zero-order valence-corrected chi connectivity index (χ0v) is 15.6. The summed E-state index contributed by atoms with van der Waals surface area (Å²) < 4.78 is 22.6. The van der Waals surface area contributed by atoms with Gasteiger partial charge in [0.2, 0.25) is 0 Å². The normalized spacial score (nSPS) is 12.5. The minimum absolute atomic E-state index is 0.332.